The summed E-state index contributed by atoms with van der Waals surface area (Å²) in [7, 11) is -2.88. The minimum Gasteiger partial charge on any atom is -0.392 e. The highest BCUT2D eigenvalue weighted by atomic mass is 32.2. The van der Waals surface area contributed by atoms with E-state index in [1.807, 2.05) is 24.3 Å². The van der Waals surface area contributed by atoms with Gasteiger partial charge in [0, 0.05) is 11.8 Å². The number of carbonyl (C=O) groups excluding carboxylic acids is 1. The first-order valence-electron chi connectivity index (χ1n) is 6.76. The largest absolute Gasteiger partial charge is 0.392 e. The number of carbonyl (C=O) groups is 1. The smallest absolute Gasteiger partial charge is 0.230 e. The van der Waals surface area contributed by atoms with Gasteiger partial charge in [0.2, 0.25) is 5.91 Å². The zero-order valence-electron chi connectivity index (χ0n) is 11.6. The standard InChI is InChI=1S/C14H19NO4S2/c16-8-12-3-1-2-11(6-12)7-15-14(17)9-20-13-4-5-21(18,19)10-13/h1-3,6,13,16H,4-5,7-10H2,(H,15,17). The van der Waals surface area contributed by atoms with E-state index >= 15 is 0 Å². The van der Waals surface area contributed by atoms with Gasteiger partial charge in [-0.25, -0.2) is 8.42 Å². The summed E-state index contributed by atoms with van der Waals surface area (Å²) < 4.78 is 22.6. The van der Waals surface area contributed by atoms with E-state index in [9.17, 15) is 13.2 Å². The molecule has 0 bridgehead atoms. The highest BCUT2D eigenvalue weighted by molar-refractivity contribution is 8.02. The average Bonchev–Trinajstić information content (AvgIpc) is 2.82. The van der Waals surface area contributed by atoms with Gasteiger partial charge in [-0.1, -0.05) is 24.3 Å². The second-order valence-electron chi connectivity index (χ2n) is 5.09. The number of thioether (sulfide) groups is 1. The molecular formula is C14H19NO4S2. The molecule has 1 aromatic rings. The Bertz CT molecular complexity index is 601. The van der Waals surface area contributed by atoms with E-state index in [1.54, 1.807) is 0 Å². The Balaban J connectivity index is 1.72. The summed E-state index contributed by atoms with van der Waals surface area (Å²) in [6.07, 6.45) is 0.638. The van der Waals surface area contributed by atoms with Gasteiger partial charge >= 0.3 is 0 Å². The highest BCUT2D eigenvalue weighted by Gasteiger charge is 2.28. The van der Waals surface area contributed by atoms with E-state index in [2.05, 4.69) is 5.32 Å². The molecule has 1 fully saturated rings. The lowest BCUT2D eigenvalue weighted by molar-refractivity contribution is -0.118. The fraction of sp³-hybridized carbons (Fsp3) is 0.500. The van der Waals surface area contributed by atoms with Crippen LogP contribution in [0.25, 0.3) is 0 Å². The molecule has 1 atom stereocenters. The molecule has 1 saturated heterocycles. The van der Waals surface area contributed by atoms with Crippen LogP contribution in [-0.4, -0.2) is 41.9 Å². The molecule has 0 saturated carbocycles. The molecule has 1 unspecified atom stereocenters. The number of sulfone groups is 1. The Morgan fingerprint density at radius 1 is 1.38 bits per heavy atom. The van der Waals surface area contributed by atoms with E-state index in [-0.39, 0.29) is 35.0 Å². The Labute approximate surface area is 129 Å². The lowest BCUT2D eigenvalue weighted by Crippen LogP contribution is -2.25. The Morgan fingerprint density at radius 3 is 2.81 bits per heavy atom. The Kier molecular flexibility index (Phi) is 5.66. The van der Waals surface area contributed by atoms with E-state index < -0.39 is 9.84 Å². The van der Waals surface area contributed by atoms with Gasteiger partial charge < -0.3 is 10.4 Å². The van der Waals surface area contributed by atoms with Crippen LogP contribution in [0.1, 0.15) is 17.5 Å². The summed E-state index contributed by atoms with van der Waals surface area (Å²) in [5.74, 6) is 0.600. The number of hydrogen-bond acceptors (Lipinski definition) is 5. The van der Waals surface area contributed by atoms with Gasteiger partial charge in [-0.05, 0) is 17.5 Å². The molecule has 2 N–H and O–H groups in total. The lowest BCUT2D eigenvalue weighted by Gasteiger charge is -2.09. The average molecular weight is 329 g/mol. The molecule has 1 aromatic carbocycles. The number of nitrogens with one attached hydrogen (secondary N) is 1. The van der Waals surface area contributed by atoms with Gasteiger partial charge in [0.25, 0.3) is 0 Å². The van der Waals surface area contributed by atoms with Crippen molar-refractivity contribution in [2.24, 2.45) is 0 Å². The third kappa shape index (κ3) is 5.33. The van der Waals surface area contributed by atoms with Crippen LogP contribution in [0, 0.1) is 0 Å². The van der Waals surface area contributed by atoms with Crippen molar-refractivity contribution in [3.8, 4) is 0 Å². The maximum absolute atomic E-state index is 11.8. The molecule has 5 nitrogen and oxygen atoms in total. The van der Waals surface area contributed by atoms with Crippen molar-refractivity contribution in [3.05, 3.63) is 35.4 Å². The summed E-state index contributed by atoms with van der Waals surface area (Å²) in [6, 6.07) is 7.39. The molecule has 1 amide bonds. The number of benzene rings is 1. The summed E-state index contributed by atoms with van der Waals surface area (Å²) in [4.78, 5) is 11.8. The van der Waals surface area contributed by atoms with E-state index in [0.717, 1.165) is 11.1 Å². The first kappa shape index (κ1) is 16.3. The van der Waals surface area contributed by atoms with Crippen molar-refractivity contribution < 1.29 is 18.3 Å². The number of amides is 1. The quantitative estimate of drug-likeness (QED) is 0.803. The highest BCUT2D eigenvalue weighted by Crippen LogP contribution is 2.23. The van der Waals surface area contributed by atoms with Crippen molar-refractivity contribution in [1.82, 2.24) is 5.32 Å². The second-order valence-corrected chi connectivity index (χ2v) is 8.61. The molecule has 2 rings (SSSR count). The third-order valence-electron chi connectivity index (χ3n) is 3.30. The topological polar surface area (TPSA) is 83.5 Å². The molecule has 0 aromatic heterocycles. The second kappa shape index (κ2) is 7.29. The Hall–Kier alpha value is -1.05. The van der Waals surface area contributed by atoms with E-state index in [4.69, 9.17) is 5.11 Å². The monoisotopic (exact) mass is 329 g/mol. The van der Waals surface area contributed by atoms with Gasteiger partial charge in [0.05, 0.1) is 23.9 Å². The van der Waals surface area contributed by atoms with Crippen LogP contribution in [-0.2, 0) is 27.8 Å². The van der Waals surface area contributed by atoms with Gasteiger partial charge in [0.1, 0.15) is 0 Å². The molecule has 0 radical (unpaired) electrons. The van der Waals surface area contributed by atoms with Crippen LogP contribution >= 0.6 is 11.8 Å². The van der Waals surface area contributed by atoms with Crippen molar-refractivity contribution in [3.63, 3.8) is 0 Å². The fourth-order valence-electron chi connectivity index (χ4n) is 2.18. The summed E-state index contributed by atoms with van der Waals surface area (Å²) in [5, 5.41) is 11.9. The molecule has 7 heteroatoms. The number of aliphatic hydroxyl groups excluding tert-OH is 1. The normalized spacial score (nSPS) is 20.3. The van der Waals surface area contributed by atoms with Gasteiger partial charge in [-0.3, -0.25) is 4.79 Å². The van der Waals surface area contributed by atoms with Gasteiger partial charge in [-0.15, -0.1) is 11.8 Å². The van der Waals surface area contributed by atoms with Crippen molar-refractivity contribution in [2.75, 3.05) is 17.3 Å². The summed E-state index contributed by atoms with van der Waals surface area (Å²) >= 11 is 1.41. The predicted octanol–water partition coefficient (Wildman–Crippen LogP) is 0.715. The van der Waals surface area contributed by atoms with E-state index in [0.29, 0.717) is 13.0 Å². The van der Waals surface area contributed by atoms with Gasteiger partial charge in [0.15, 0.2) is 9.84 Å². The molecule has 1 heterocycles. The van der Waals surface area contributed by atoms with Crippen LogP contribution in [0.4, 0.5) is 0 Å². The van der Waals surface area contributed by atoms with Crippen LogP contribution in [0.15, 0.2) is 24.3 Å². The number of rotatable bonds is 6. The van der Waals surface area contributed by atoms with Crippen LogP contribution in [0.5, 0.6) is 0 Å². The maximum Gasteiger partial charge on any atom is 0.230 e. The summed E-state index contributed by atoms with van der Waals surface area (Å²) in [6.45, 7) is 0.393. The SMILES string of the molecule is O=C(CSC1CCS(=O)(=O)C1)NCc1cccc(CO)c1. The zero-order chi connectivity index (χ0) is 15.3. The molecule has 116 valence electrons. The lowest BCUT2D eigenvalue weighted by atomic mass is 10.1. The molecular weight excluding hydrogens is 310 g/mol. The molecule has 0 spiro atoms. The molecule has 21 heavy (non-hydrogen) atoms. The minimum absolute atomic E-state index is 0.0200. The van der Waals surface area contributed by atoms with Crippen LogP contribution < -0.4 is 5.32 Å². The molecule has 0 aliphatic carbocycles. The first-order valence-corrected chi connectivity index (χ1v) is 9.63. The van der Waals surface area contributed by atoms with E-state index in [1.165, 1.54) is 11.8 Å². The minimum atomic E-state index is -2.88. The van der Waals surface area contributed by atoms with Gasteiger partial charge in [-0.2, -0.15) is 0 Å². The van der Waals surface area contributed by atoms with Crippen molar-refractivity contribution in [1.29, 1.82) is 0 Å². The van der Waals surface area contributed by atoms with Crippen LogP contribution in [0.2, 0.25) is 0 Å². The van der Waals surface area contributed by atoms with Crippen molar-refractivity contribution >= 4 is 27.5 Å². The maximum atomic E-state index is 11.8. The fourth-order valence-corrected chi connectivity index (χ4v) is 5.65. The summed E-state index contributed by atoms with van der Waals surface area (Å²) in [5.41, 5.74) is 1.75. The molecule has 1 aliphatic rings. The third-order valence-corrected chi connectivity index (χ3v) is 6.59. The van der Waals surface area contributed by atoms with Crippen molar-refractivity contribution in [2.45, 2.75) is 24.8 Å². The first-order chi connectivity index (χ1) is 9.98. The number of aliphatic hydroxyl groups is 1. The predicted molar refractivity (Wildman–Crippen MR) is 83.7 cm³/mol. The zero-order valence-corrected chi connectivity index (χ0v) is 13.3. The Morgan fingerprint density at radius 2 is 2.14 bits per heavy atom. The van der Waals surface area contributed by atoms with Crippen LogP contribution in [0.3, 0.4) is 0 Å². The molecule has 1 aliphatic heterocycles. The number of hydrogen-bond donors (Lipinski definition) is 2.